The maximum atomic E-state index is 10.2. The average Bonchev–Trinajstić information content (AvgIpc) is 0.791. The van der Waals surface area contributed by atoms with E-state index in [1.54, 1.807) is 36.4 Å². The zero-order valence-corrected chi connectivity index (χ0v) is 72.9. The normalized spacial score (nSPS) is 10.6. The minimum absolute atomic E-state index is 0. The van der Waals surface area contributed by atoms with E-state index in [0.29, 0.717) is 0 Å². The molecule has 0 fully saturated rings. The molecule has 12 rings (SSSR count). The second kappa shape index (κ2) is 50.4. The quantitative estimate of drug-likeness (QED) is 0.0356. The smallest absolute Gasteiger partial charge is 0.190 e. The molecule has 0 saturated heterocycles. The maximum Gasteiger partial charge on any atom is 0.190 e. The first-order valence-corrected chi connectivity index (χ1v) is 47.5. The fraction of sp³-hybridized carbons (Fsp3) is 0.165. The van der Waals surface area contributed by atoms with E-state index >= 15 is 0 Å². The third-order valence-corrected chi connectivity index (χ3v) is 38.7. The third-order valence-electron chi connectivity index (χ3n) is 19.1. The predicted octanol–water partition coefficient (Wildman–Crippen LogP) is 15.9. The van der Waals surface area contributed by atoms with Crippen molar-refractivity contribution in [2.75, 3.05) is 37.0 Å². The molecule has 0 aliphatic heterocycles. The second-order valence-electron chi connectivity index (χ2n) is 27.9. The number of benzene rings is 12. The number of Topliss-reactive ketones (excluding diaryl/α,β-unsaturated/α-hetero) is 3. The molecule has 0 amide bonds. The van der Waals surface area contributed by atoms with Crippen molar-refractivity contribution in [1.29, 1.82) is 31.6 Å². The maximum absolute atomic E-state index is 10.2. The molecule has 12 aromatic rings. The Morgan fingerprint density at radius 1 is 0.219 bits per heavy atom. The van der Waals surface area contributed by atoms with E-state index in [4.69, 9.17) is 31.6 Å². The van der Waals surface area contributed by atoms with E-state index in [9.17, 15) is 14.4 Å². The van der Waals surface area contributed by atoms with Crippen molar-refractivity contribution in [3.8, 4) is 36.4 Å². The van der Waals surface area contributed by atoms with Crippen LogP contribution in [0, 0.1) is 96.6 Å². The van der Waals surface area contributed by atoms with Crippen LogP contribution in [0.3, 0.4) is 0 Å². The van der Waals surface area contributed by atoms with Crippen molar-refractivity contribution >= 4 is 129 Å². The van der Waals surface area contributed by atoms with Crippen molar-refractivity contribution in [3.05, 3.63) is 364 Å². The molecule has 17 heteroatoms. The number of carbonyl (C=O) groups is 3. The molecule has 0 atom stereocenters. The first-order chi connectivity index (χ1) is 54.5. The number of nitrogens with zero attached hydrogens (tertiary/aromatic N) is 6. The third kappa shape index (κ3) is 29.6. The van der Waals surface area contributed by atoms with E-state index in [2.05, 4.69) is 378 Å². The molecule has 12 aromatic carbocycles. The van der Waals surface area contributed by atoms with Gasteiger partial charge in [-0.05, 0) is 180 Å². The Morgan fingerprint density at radius 3 is 0.368 bits per heavy atom. The van der Waals surface area contributed by atoms with Gasteiger partial charge in [0, 0.05) is 34.1 Å². The zero-order chi connectivity index (χ0) is 79.8. The fourth-order valence-corrected chi connectivity index (χ4v) is 33.2. The molecule has 0 aromatic heterocycles. The van der Waals surface area contributed by atoms with E-state index in [0.717, 1.165) is 0 Å². The van der Waals surface area contributed by atoms with Crippen molar-refractivity contribution in [3.63, 3.8) is 0 Å². The molecule has 0 N–H and O–H groups in total. The van der Waals surface area contributed by atoms with Gasteiger partial charge in [-0.25, -0.2) is 0 Å². The predicted molar refractivity (Wildman–Crippen MR) is 484 cm³/mol. The van der Waals surface area contributed by atoms with Gasteiger partial charge in [0.25, 0.3) is 0 Å². The van der Waals surface area contributed by atoms with Crippen molar-refractivity contribution < 1.29 is 48.5 Å². The van der Waals surface area contributed by atoms with Crippen LogP contribution in [0.15, 0.2) is 364 Å². The van der Waals surface area contributed by atoms with Crippen LogP contribution >= 0.6 is 47.5 Å². The van der Waals surface area contributed by atoms with Crippen molar-refractivity contribution in [1.82, 2.24) is 0 Å². The van der Waals surface area contributed by atoms with Crippen LogP contribution in [0.4, 0.5) is 0 Å². The number of nitriles is 6. The van der Waals surface area contributed by atoms with Crippen LogP contribution in [0.1, 0.15) is 34.6 Å². The Bertz CT molecular complexity index is 4040. The number of hydrogen-bond donors (Lipinski definition) is 0. The van der Waals surface area contributed by atoms with Gasteiger partial charge in [-0.2, -0.15) is 31.6 Å². The number of ketones is 3. The molecule has 0 unspecified atom stereocenters. The van der Waals surface area contributed by atoms with Gasteiger partial charge in [0.1, 0.15) is 0 Å². The van der Waals surface area contributed by atoms with Crippen LogP contribution in [-0.4, -0.2) is 54.3 Å². The fourth-order valence-electron chi connectivity index (χ4n) is 13.5. The Balaban J connectivity index is 0.000000272. The van der Waals surface area contributed by atoms with Gasteiger partial charge in [0.2, 0.25) is 0 Å². The SMILES string of the molecule is CC(=O)C(C#N)C#N.CC(=O)C(C#N)C#N.CC(=O)C(C#N)C#N.CC(C[PH+](c1ccccc1)c1ccccc1)(C[PH+](c1ccccc1)c1ccccc1)C[PH+](c1ccccc1)c1ccccc1.CC(C[PH+](c1ccccc1)c1ccccc1)(C[PH+](c1ccccc1)c1ccccc1)C[PH+](c1ccccc1)c1ccccc1.[Fe].[Fe]. The van der Waals surface area contributed by atoms with Crippen LogP contribution in [0.25, 0.3) is 0 Å². The first kappa shape index (κ1) is 93.1. The summed E-state index contributed by atoms with van der Waals surface area (Å²) < 4.78 is 0. The van der Waals surface area contributed by atoms with Gasteiger partial charge in [-0.3, -0.25) is 14.4 Å². The molecular formula is C97H96Fe2N6O3P6+6. The first-order valence-electron chi connectivity index (χ1n) is 37.2. The monoisotopic (exact) mass is 1690 g/mol. The number of hydrogen-bond acceptors (Lipinski definition) is 9. The topological polar surface area (TPSA) is 194 Å². The van der Waals surface area contributed by atoms with Gasteiger partial charge in [0.05, 0.1) is 195 Å². The zero-order valence-electron chi connectivity index (χ0n) is 64.7. The summed E-state index contributed by atoms with van der Waals surface area (Å²) >= 11 is 0. The van der Waals surface area contributed by atoms with Gasteiger partial charge in [-0.15, -0.1) is 0 Å². The van der Waals surface area contributed by atoms with Crippen molar-refractivity contribution in [2.24, 2.45) is 28.6 Å². The summed E-state index contributed by atoms with van der Waals surface area (Å²) in [4.78, 5) is 30.5. The Kier molecular flexibility index (Phi) is 41.2. The molecule has 0 saturated carbocycles. The van der Waals surface area contributed by atoms with E-state index < -0.39 is 82.6 Å². The molecular weight excluding hydrogens is 1590 g/mol. The molecule has 0 radical (unpaired) electrons. The van der Waals surface area contributed by atoms with Crippen LogP contribution in [0.2, 0.25) is 0 Å². The van der Waals surface area contributed by atoms with Crippen LogP contribution < -0.4 is 63.7 Å². The summed E-state index contributed by atoms with van der Waals surface area (Å²) in [5, 5.41) is 66.1. The second-order valence-corrected chi connectivity index (χ2v) is 42.6. The average molecular weight is 1690 g/mol. The van der Waals surface area contributed by atoms with Crippen LogP contribution in [0.5, 0.6) is 0 Å². The Labute approximate surface area is 703 Å². The molecule has 572 valence electrons. The van der Waals surface area contributed by atoms with E-state index in [1.165, 1.54) is 121 Å². The van der Waals surface area contributed by atoms with Crippen LogP contribution in [-0.2, 0) is 48.5 Å². The van der Waals surface area contributed by atoms with Gasteiger partial charge >= 0.3 is 0 Å². The number of rotatable bonds is 27. The molecule has 0 aliphatic rings. The molecule has 0 heterocycles. The summed E-state index contributed by atoms with van der Waals surface area (Å²) in [6.07, 6.45) is 7.21. The summed E-state index contributed by atoms with van der Waals surface area (Å²) in [6.45, 7) is 8.93. The summed E-state index contributed by atoms with van der Waals surface area (Å²) in [6, 6.07) is 146. The minimum atomic E-state index is -1.07. The summed E-state index contributed by atoms with van der Waals surface area (Å²) in [5.74, 6) is -4.40. The minimum Gasteiger partial charge on any atom is -0.297 e. The van der Waals surface area contributed by atoms with E-state index in [-0.39, 0.29) is 45.0 Å². The summed E-state index contributed by atoms with van der Waals surface area (Å²) in [7, 11) is -6.24. The van der Waals surface area contributed by atoms with Gasteiger partial charge in [0.15, 0.2) is 35.1 Å². The molecule has 0 aliphatic carbocycles. The van der Waals surface area contributed by atoms with E-state index in [1.807, 2.05) is 0 Å². The van der Waals surface area contributed by atoms with Gasteiger partial charge in [-0.1, -0.05) is 218 Å². The largest absolute Gasteiger partial charge is 0.297 e. The molecule has 9 nitrogen and oxygen atoms in total. The number of carbonyl (C=O) groups excluding carboxylic acids is 3. The molecule has 0 bridgehead atoms. The summed E-state index contributed by atoms with van der Waals surface area (Å²) in [5.41, 5.74) is 0.250. The molecule has 114 heavy (non-hydrogen) atoms. The molecule has 0 spiro atoms. The van der Waals surface area contributed by atoms with Crippen molar-refractivity contribution in [2.45, 2.75) is 34.6 Å². The Hall–Kier alpha value is -9.79. The standard InChI is InChI=1S/2C41H39P3.3C5H4N2O.2Fe/c2*1-41(32-42(35-20-8-2-9-21-35)36-22-10-3-11-23-36,33-43(37-24-12-4-13-25-37)38-26-14-5-15-27-38)34-44(39-28-16-6-17-29-39)40-30-18-7-19-31-40;3*1-4(8)5(2-6)3-7;;/h2*2-31H,32-34H2,1H3;3*5H,1H3;;/p+6. The van der Waals surface area contributed by atoms with Gasteiger partial charge < -0.3 is 0 Å². The Morgan fingerprint density at radius 2 is 0.307 bits per heavy atom.